The molecule has 0 N–H and O–H groups in total. The van der Waals surface area contributed by atoms with Gasteiger partial charge in [-0.05, 0) is 30.9 Å². The minimum absolute atomic E-state index is 1.71. The van der Waals surface area contributed by atoms with Crippen molar-refractivity contribution < 1.29 is 0 Å². The zero-order chi connectivity index (χ0) is 9.78. The molecule has 0 aliphatic heterocycles. The Morgan fingerprint density at radius 3 is 2.23 bits per heavy atom. The third kappa shape index (κ3) is 10.1. The second-order valence-corrected chi connectivity index (χ2v) is 2.02. The first-order chi connectivity index (χ1) is 6.41. The fourth-order valence-corrected chi connectivity index (χ4v) is 0.485. The average Bonchev–Trinajstić information content (AvgIpc) is 2.16. The van der Waals surface area contributed by atoms with Gasteiger partial charge in [0.25, 0.3) is 0 Å². The summed E-state index contributed by atoms with van der Waals surface area (Å²) in [5, 5.41) is 0. The van der Waals surface area contributed by atoms with Gasteiger partial charge in [0.1, 0.15) is 0 Å². The summed E-state index contributed by atoms with van der Waals surface area (Å²) in [5.74, 6) is 10.9. The van der Waals surface area contributed by atoms with E-state index < -0.39 is 0 Å². The van der Waals surface area contributed by atoms with Crippen molar-refractivity contribution in [3.8, 4) is 23.7 Å². The Morgan fingerprint density at radius 2 is 1.62 bits per heavy atom. The van der Waals surface area contributed by atoms with Gasteiger partial charge in [-0.3, -0.25) is 0 Å². The molecule has 64 valence electrons. The summed E-state index contributed by atoms with van der Waals surface area (Å²) in [6.07, 6.45) is 12.6. The van der Waals surface area contributed by atoms with Crippen molar-refractivity contribution in [3.05, 3.63) is 49.1 Å². The van der Waals surface area contributed by atoms with Gasteiger partial charge in [0.05, 0.1) is 0 Å². The molecular weight excluding hydrogens is 156 g/mol. The first-order valence-corrected chi connectivity index (χ1v) is 3.98. The third-order valence-corrected chi connectivity index (χ3v) is 0.995. The summed E-state index contributed by atoms with van der Waals surface area (Å²) in [6.45, 7) is 5.46. The maximum absolute atomic E-state index is 3.54. The van der Waals surface area contributed by atoms with Gasteiger partial charge in [-0.2, -0.15) is 0 Å². The molecule has 0 aromatic rings. The largest absolute Gasteiger partial charge is 0.0991 e. The Hall–Kier alpha value is -1.92. The number of allylic oxidation sites excluding steroid dienone is 7. The summed E-state index contributed by atoms with van der Waals surface area (Å²) in [6, 6.07) is 0. The Kier molecular flexibility index (Phi) is 8.59. The van der Waals surface area contributed by atoms with E-state index >= 15 is 0 Å². The lowest BCUT2D eigenvalue weighted by atomic mass is 10.4. The maximum atomic E-state index is 3.54. The molecule has 0 saturated heterocycles. The monoisotopic (exact) mass is 168 g/mol. The minimum Gasteiger partial charge on any atom is -0.0991 e. The van der Waals surface area contributed by atoms with E-state index in [-0.39, 0.29) is 0 Å². The fourth-order valence-electron chi connectivity index (χ4n) is 0.485. The fraction of sp³-hybridized carbons (Fsp3) is 0.0769. The Bertz CT molecular complexity index is 330. The van der Waals surface area contributed by atoms with Crippen LogP contribution in [0.2, 0.25) is 0 Å². The van der Waals surface area contributed by atoms with Gasteiger partial charge in [0, 0.05) is 0 Å². The zero-order valence-electron chi connectivity index (χ0n) is 7.75. The van der Waals surface area contributed by atoms with Crippen LogP contribution in [0.5, 0.6) is 0 Å². The molecule has 0 aromatic carbocycles. The molecule has 0 radical (unpaired) electrons. The normalized spacial score (nSPS) is 9.62. The highest BCUT2D eigenvalue weighted by Gasteiger charge is 1.58. The van der Waals surface area contributed by atoms with Crippen molar-refractivity contribution in [2.24, 2.45) is 0 Å². The highest BCUT2D eigenvalue weighted by Crippen LogP contribution is 1.75. The molecule has 0 aromatic heterocycles. The first-order valence-electron chi connectivity index (χ1n) is 3.98. The molecule has 0 bridgehead atoms. The van der Waals surface area contributed by atoms with Crippen LogP contribution in [0.25, 0.3) is 0 Å². The van der Waals surface area contributed by atoms with E-state index in [1.807, 2.05) is 31.2 Å². The predicted molar refractivity (Wildman–Crippen MR) is 58.8 cm³/mol. The summed E-state index contributed by atoms with van der Waals surface area (Å²) in [4.78, 5) is 0. The SMILES string of the molecule is C=C/C=C/C=C/C#CC#C/C=C/C. The molecule has 0 unspecified atom stereocenters. The highest BCUT2D eigenvalue weighted by molar-refractivity contribution is 5.34. The van der Waals surface area contributed by atoms with Crippen molar-refractivity contribution in [2.45, 2.75) is 6.92 Å². The number of rotatable bonds is 2. The number of hydrogen-bond donors (Lipinski definition) is 0. The van der Waals surface area contributed by atoms with Crippen LogP contribution in [0.15, 0.2) is 49.1 Å². The van der Waals surface area contributed by atoms with E-state index in [9.17, 15) is 0 Å². The molecular formula is C13H12. The van der Waals surface area contributed by atoms with Crippen LogP contribution in [0, 0.1) is 23.7 Å². The van der Waals surface area contributed by atoms with Crippen LogP contribution in [-0.4, -0.2) is 0 Å². The van der Waals surface area contributed by atoms with E-state index in [2.05, 4.69) is 30.3 Å². The van der Waals surface area contributed by atoms with Gasteiger partial charge in [-0.15, -0.1) is 0 Å². The standard InChI is InChI=1S/C13H12/c1-3-5-7-9-11-13-12-10-8-6-4-2/h3-7,9,11H,1H2,2H3/b6-4+,7-5+,11-9+. The molecule has 0 atom stereocenters. The summed E-state index contributed by atoms with van der Waals surface area (Å²) < 4.78 is 0. The van der Waals surface area contributed by atoms with Crippen LogP contribution < -0.4 is 0 Å². The molecule has 0 aliphatic carbocycles. The van der Waals surface area contributed by atoms with Gasteiger partial charge in [0.15, 0.2) is 0 Å². The molecule has 0 heterocycles. The molecule has 0 aliphatic rings. The molecule has 0 nitrogen and oxygen atoms in total. The van der Waals surface area contributed by atoms with Crippen molar-refractivity contribution in [1.29, 1.82) is 0 Å². The quantitative estimate of drug-likeness (QED) is 0.439. The van der Waals surface area contributed by atoms with E-state index in [1.165, 1.54) is 0 Å². The zero-order valence-corrected chi connectivity index (χ0v) is 7.75. The molecule has 0 heteroatoms. The van der Waals surface area contributed by atoms with E-state index in [0.717, 1.165) is 0 Å². The second kappa shape index (κ2) is 10.1. The minimum atomic E-state index is 1.71. The third-order valence-electron chi connectivity index (χ3n) is 0.995. The van der Waals surface area contributed by atoms with Gasteiger partial charge in [-0.25, -0.2) is 0 Å². The first kappa shape index (κ1) is 11.1. The smallest absolute Gasteiger partial charge is 0.0102 e. The van der Waals surface area contributed by atoms with Crippen molar-refractivity contribution in [2.75, 3.05) is 0 Å². The van der Waals surface area contributed by atoms with Crippen LogP contribution in [-0.2, 0) is 0 Å². The molecule has 0 rings (SSSR count). The van der Waals surface area contributed by atoms with Gasteiger partial charge in [0.2, 0.25) is 0 Å². The number of hydrogen-bond acceptors (Lipinski definition) is 0. The molecule has 0 saturated carbocycles. The van der Waals surface area contributed by atoms with E-state index in [1.54, 1.807) is 18.2 Å². The summed E-state index contributed by atoms with van der Waals surface area (Å²) in [7, 11) is 0. The summed E-state index contributed by atoms with van der Waals surface area (Å²) >= 11 is 0. The Labute approximate surface area is 80.4 Å². The lowest BCUT2D eigenvalue weighted by Crippen LogP contribution is -1.52. The van der Waals surface area contributed by atoms with Gasteiger partial charge >= 0.3 is 0 Å². The van der Waals surface area contributed by atoms with Crippen LogP contribution in [0.1, 0.15) is 6.92 Å². The van der Waals surface area contributed by atoms with Crippen LogP contribution in [0.4, 0.5) is 0 Å². The lowest BCUT2D eigenvalue weighted by Gasteiger charge is -1.67. The van der Waals surface area contributed by atoms with Crippen molar-refractivity contribution >= 4 is 0 Å². The van der Waals surface area contributed by atoms with E-state index in [4.69, 9.17) is 0 Å². The molecule has 13 heavy (non-hydrogen) atoms. The Balaban J connectivity index is 3.88. The molecule has 0 amide bonds. The lowest BCUT2D eigenvalue weighted by molar-refractivity contribution is 1.76. The topological polar surface area (TPSA) is 0 Å². The van der Waals surface area contributed by atoms with Crippen molar-refractivity contribution in [1.82, 2.24) is 0 Å². The van der Waals surface area contributed by atoms with E-state index in [0.29, 0.717) is 0 Å². The van der Waals surface area contributed by atoms with Gasteiger partial charge < -0.3 is 0 Å². The molecule has 0 spiro atoms. The van der Waals surface area contributed by atoms with Gasteiger partial charge in [-0.1, -0.05) is 48.8 Å². The highest BCUT2D eigenvalue weighted by atomic mass is 13.6. The average molecular weight is 168 g/mol. The summed E-state index contributed by atoms with van der Waals surface area (Å²) in [5.41, 5.74) is 0. The maximum Gasteiger partial charge on any atom is -0.0102 e. The predicted octanol–water partition coefficient (Wildman–Crippen LogP) is 2.87. The van der Waals surface area contributed by atoms with Crippen LogP contribution in [0.3, 0.4) is 0 Å². The molecule has 0 fully saturated rings. The van der Waals surface area contributed by atoms with Crippen LogP contribution >= 0.6 is 0 Å². The second-order valence-electron chi connectivity index (χ2n) is 2.02. The Morgan fingerprint density at radius 1 is 0.923 bits per heavy atom. The van der Waals surface area contributed by atoms with Crippen molar-refractivity contribution in [3.63, 3.8) is 0 Å².